The molecular formula is C29H47N3O6. The molecule has 214 valence electrons. The Hall–Kier alpha value is -3.10. The first-order chi connectivity index (χ1) is 18.0. The molecule has 0 aliphatic rings. The molecule has 0 aromatic heterocycles. The summed E-state index contributed by atoms with van der Waals surface area (Å²) in [6.45, 7) is 11.5. The molecule has 0 bridgehead atoms. The molecule has 9 heteroatoms. The third kappa shape index (κ3) is 13.4. The van der Waals surface area contributed by atoms with E-state index in [0.29, 0.717) is 12.1 Å². The van der Waals surface area contributed by atoms with Crippen molar-refractivity contribution in [2.24, 2.45) is 0 Å². The summed E-state index contributed by atoms with van der Waals surface area (Å²) in [5, 5.41) is 5.31. The smallest absolute Gasteiger partial charge is 0.408 e. The first-order valence-corrected chi connectivity index (χ1v) is 13.7. The van der Waals surface area contributed by atoms with Gasteiger partial charge in [0.2, 0.25) is 11.8 Å². The van der Waals surface area contributed by atoms with Crippen molar-refractivity contribution in [2.45, 2.75) is 98.1 Å². The second-order valence-corrected chi connectivity index (χ2v) is 10.4. The maximum atomic E-state index is 13.4. The standard InChI is InChI=1S/C29H47N3O6/c1-7-9-10-11-12-13-20-32(24(33)21-31-28(36)38-29(4,5)6)26(23-16-14-22(3)15-17-23)27(35)30-19-18-25(34)37-8-2/h14-17,26H,7-13,18-21H2,1-6H3,(H,30,35)(H,31,36). The van der Waals surface area contributed by atoms with Crippen LogP contribution in [-0.2, 0) is 23.9 Å². The summed E-state index contributed by atoms with van der Waals surface area (Å²) in [5.41, 5.74) is 0.977. The second kappa shape index (κ2) is 17.4. The molecule has 0 fully saturated rings. The molecule has 0 spiro atoms. The third-order valence-corrected chi connectivity index (χ3v) is 5.74. The van der Waals surface area contributed by atoms with Crippen LogP contribution < -0.4 is 10.6 Å². The van der Waals surface area contributed by atoms with E-state index in [9.17, 15) is 19.2 Å². The van der Waals surface area contributed by atoms with Crippen LogP contribution in [0.25, 0.3) is 0 Å². The van der Waals surface area contributed by atoms with Crippen molar-refractivity contribution in [2.75, 3.05) is 26.2 Å². The fourth-order valence-corrected chi connectivity index (χ4v) is 3.86. The van der Waals surface area contributed by atoms with Crippen LogP contribution in [-0.4, -0.2) is 60.6 Å². The number of hydrogen-bond donors (Lipinski definition) is 2. The third-order valence-electron chi connectivity index (χ3n) is 5.74. The average molecular weight is 534 g/mol. The van der Waals surface area contributed by atoms with Crippen molar-refractivity contribution in [3.05, 3.63) is 35.4 Å². The number of ether oxygens (including phenoxy) is 2. The molecule has 0 aliphatic carbocycles. The van der Waals surface area contributed by atoms with E-state index >= 15 is 0 Å². The van der Waals surface area contributed by atoms with Gasteiger partial charge in [0.25, 0.3) is 0 Å². The zero-order chi connectivity index (χ0) is 28.6. The van der Waals surface area contributed by atoms with Gasteiger partial charge in [-0.3, -0.25) is 14.4 Å². The number of esters is 1. The minimum absolute atomic E-state index is 0.0335. The summed E-state index contributed by atoms with van der Waals surface area (Å²) in [6.07, 6.45) is 5.46. The molecule has 9 nitrogen and oxygen atoms in total. The van der Waals surface area contributed by atoms with E-state index in [2.05, 4.69) is 17.6 Å². The number of rotatable bonds is 16. The Balaban J connectivity index is 3.11. The van der Waals surface area contributed by atoms with Crippen LogP contribution in [0, 0.1) is 6.92 Å². The maximum Gasteiger partial charge on any atom is 0.408 e. The molecule has 1 rings (SSSR count). The highest BCUT2D eigenvalue weighted by Gasteiger charge is 2.31. The predicted molar refractivity (Wildman–Crippen MR) is 148 cm³/mol. The quantitative estimate of drug-likeness (QED) is 0.233. The lowest BCUT2D eigenvalue weighted by atomic mass is 10.0. The molecule has 1 atom stereocenters. The highest BCUT2D eigenvalue weighted by atomic mass is 16.6. The van der Waals surface area contributed by atoms with Crippen molar-refractivity contribution < 1.29 is 28.7 Å². The molecule has 1 unspecified atom stereocenters. The van der Waals surface area contributed by atoms with E-state index < -0.39 is 35.5 Å². The van der Waals surface area contributed by atoms with Gasteiger partial charge in [-0.05, 0) is 46.6 Å². The molecule has 0 heterocycles. The zero-order valence-corrected chi connectivity index (χ0v) is 24.1. The molecule has 0 saturated heterocycles. The van der Waals surface area contributed by atoms with E-state index in [4.69, 9.17) is 9.47 Å². The number of carbonyl (C=O) groups is 4. The average Bonchev–Trinajstić information content (AvgIpc) is 2.84. The summed E-state index contributed by atoms with van der Waals surface area (Å²) in [5.74, 6) is -1.19. The van der Waals surface area contributed by atoms with Gasteiger partial charge in [0.1, 0.15) is 18.2 Å². The number of nitrogens with one attached hydrogen (secondary N) is 2. The van der Waals surface area contributed by atoms with Gasteiger partial charge >= 0.3 is 12.1 Å². The Bertz CT molecular complexity index is 879. The van der Waals surface area contributed by atoms with Crippen molar-refractivity contribution in [3.63, 3.8) is 0 Å². The van der Waals surface area contributed by atoms with E-state index in [1.165, 1.54) is 4.90 Å². The monoisotopic (exact) mass is 533 g/mol. The van der Waals surface area contributed by atoms with Crippen molar-refractivity contribution >= 4 is 23.9 Å². The van der Waals surface area contributed by atoms with E-state index in [1.54, 1.807) is 27.7 Å². The molecule has 3 amide bonds. The Morgan fingerprint density at radius 2 is 1.55 bits per heavy atom. The second-order valence-electron chi connectivity index (χ2n) is 10.4. The van der Waals surface area contributed by atoms with Gasteiger partial charge in [0.15, 0.2) is 0 Å². The Morgan fingerprint density at radius 1 is 0.921 bits per heavy atom. The fourth-order valence-electron chi connectivity index (χ4n) is 3.86. The number of nitrogens with zero attached hydrogens (tertiary/aromatic N) is 1. The van der Waals surface area contributed by atoms with Crippen molar-refractivity contribution in [1.29, 1.82) is 0 Å². The summed E-state index contributed by atoms with van der Waals surface area (Å²) >= 11 is 0. The lowest BCUT2D eigenvalue weighted by Gasteiger charge is -2.32. The maximum absolute atomic E-state index is 13.4. The molecule has 2 N–H and O–H groups in total. The van der Waals surface area contributed by atoms with Crippen LogP contribution in [0.2, 0.25) is 0 Å². The van der Waals surface area contributed by atoms with Gasteiger partial charge < -0.3 is 25.0 Å². The van der Waals surface area contributed by atoms with Crippen LogP contribution in [0.4, 0.5) is 4.79 Å². The number of unbranched alkanes of at least 4 members (excludes halogenated alkanes) is 5. The molecule has 1 aromatic rings. The molecule has 1 aromatic carbocycles. The van der Waals surface area contributed by atoms with E-state index in [1.807, 2.05) is 31.2 Å². The summed E-state index contributed by atoms with van der Waals surface area (Å²) in [4.78, 5) is 52.3. The van der Waals surface area contributed by atoms with Crippen LogP contribution >= 0.6 is 0 Å². The first kappa shape index (κ1) is 32.9. The van der Waals surface area contributed by atoms with Crippen molar-refractivity contribution in [1.82, 2.24) is 15.5 Å². The summed E-state index contributed by atoms with van der Waals surface area (Å²) in [6, 6.07) is 6.52. The van der Waals surface area contributed by atoms with Gasteiger partial charge in [0, 0.05) is 13.1 Å². The van der Waals surface area contributed by atoms with Gasteiger partial charge in [-0.1, -0.05) is 68.9 Å². The SMILES string of the molecule is CCCCCCCCN(C(=O)CNC(=O)OC(C)(C)C)C(C(=O)NCCC(=O)OCC)c1ccc(C)cc1. The fraction of sp³-hybridized carbons (Fsp3) is 0.655. The van der Waals surface area contributed by atoms with Gasteiger partial charge in [-0.15, -0.1) is 0 Å². The molecule has 0 radical (unpaired) electrons. The Kier molecular flexibility index (Phi) is 15.1. The number of amides is 3. The minimum atomic E-state index is -0.915. The number of carbonyl (C=O) groups excluding carboxylic acids is 4. The summed E-state index contributed by atoms with van der Waals surface area (Å²) in [7, 11) is 0. The predicted octanol–water partition coefficient (Wildman–Crippen LogP) is 4.82. The van der Waals surface area contributed by atoms with Crippen LogP contribution in [0.5, 0.6) is 0 Å². The summed E-state index contributed by atoms with van der Waals surface area (Å²) < 4.78 is 10.2. The highest BCUT2D eigenvalue weighted by Crippen LogP contribution is 2.23. The van der Waals surface area contributed by atoms with E-state index in [0.717, 1.165) is 44.1 Å². The normalized spacial score (nSPS) is 11.8. The lowest BCUT2D eigenvalue weighted by Crippen LogP contribution is -2.48. The molecule has 0 aliphatic heterocycles. The van der Waals surface area contributed by atoms with Crippen LogP contribution in [0.3, 0.4) is 0 Å². The van der Waals surface area contributed by atoms with Crippen LogP contribution in [0.1, 0.15) is 96.7 Å². The Morgan fingerprint density at radius 3 is 2.16 bits per heavy atom. The lowest BCUT2D eigenvalue weighted by molar-refractivity contribution is -0.143. The topological polar surface area (TPSA) is 114 Å². The zero-order valence-electron chi connectivity index (χ0n) is 24.1. The highest BCUT2D eigenvalue weighted by molar-refractivity contribution is 5.90. The minimum Gasteiger partial charge on any atom is -0.466 e. The molecule has 38 heavy (non-hydrogen) atoms. The van der Waals surface area contributed by atoms with E-state index in [-0.39, 0.29) is 26.1 Å². The van der Waals surface area contributed by atoms with Crippen molar-refractivity contribution in [3.8, 4) is 0 Å². The number of aryl methyl sites for hydroxylation is 1. The molecular weight excluding hydrogens is 486 g/mol. The number of benzene rings is 1. The largest absolute Gasteiger partial charge is 0.466 e. The van der Waals surface area contributed by atoms with Gasteiger partial charge in [0.05, 0.1) is 13.0 Å². The van der Waals surface area contributed by atoms with Crippen LogP contribution in [0.15, 0.2) is 24.3 Å². The number of alkyl carbamates (subject to hydrolysis) is 1. The number of hydrogen-bond acceptors (Lipinski definition) is 6. The Labute approximate surface area is 228 Å². The van der Waals surface area contributed by atoms with Gasteiger partial charge in [-0.25, -0.2) is 4.79 Å². The molecule has 0 saturated carbocycles. The first-order valence-electron chi connectivity index (χ1n) is 13.7. The van der Waals surface area contributed by atoms with Gasteiger partial charge in [-0.2, -0.15) is 0 Å².